The minimum Gasteiger partial charge on any atom is -0.357 e. The van der Waals surface area contributed by atoms with Gasteiger partial charge in [0.2, 0.25) is 0 Å². The molecular formula is C19H19N3O. The van der Waals surface area contributed by atoms with Crippen LogP contribution in [-0.4, -0.2) is 23.9 Å². The molecule has 0 bridgehead atoms. The van der Waals surface area contributed by atoms with Crippen LogP contribution in [0.3, 0.4) is 0 Å². The van der Waals surface area contributed by atoms with Crippen molar-refractivity contribution in [1.29, 1.82) is 5.26 Å². The first kappa shape index (κ1) is 15.2. The number of nitrogens with zero attached hydrogens (tertiary/aromatic N) is 3. The lowest BCUT2D eigenvalue weighted by Gasteiger charge is -2.32. The van der Waals surface area contributed by atoms with Crippen LogP contribution in [0, 0.1) is 24.2 Å². The summed E-state index contributed by atoms with van der Waals surface area (Å²) in [6.45, 7) is 3.48. The number of aryl methyl sites for hydroxylation is 1. The van der Waals surface area contributed by atoms with Crippen molar-refractivity contribution in [3.63, 3.8) is 0 Å². The van der Waals surface area contributed by atoms with Crippen molar-refractivity contribution in [3.8, 4) is 6.07 Å². The van der Waals surface area contributed by atoms with Gasteiger partial charge in [0.25, 0.3) is 0 Å². The Morgan fingerprint density at radius 2 is 1.87 bits per heavy atom. The molecular weight excluding hydrogens is 286 g/mol. The lowest BCUT2D eigenvalue weighted by atomic mass is 9.89. The van der Waals surface area contributed by atoms with E-state index in [1.165, 1.54) is 0 Å². The first-order valence-electron chi connectivity index (χ1n) is 7.91. The summed E-state index contributed by atoms with van der Waals surface area (Å²) in [4.78, 5) is 19.1. The van der Waals surface area contributed by atoms with Crippen molar-refractivity contribution >= 4 is 11.6 Å². The Labute approximate surface area is 136 Å². The highest BCUT2D eigenvalue weighted by molar-refractivity contribution is 5.97. The molecule has 1 aromatic heterocycles. The van der Waals surface area contributed by atoms with Crippen LogP contribution in [-0.2, 0) is 0 Å². The number of carbonyl (C=O) groups excluding carboxylic acids is 1. The number of hydrogen-bond donors (Lipinski definition) is 0. The van der Waals surface area contributed by atoms with Crippen molar-refractivity contribution < 1.29 is 4.79 Å². The van der Waals surface area contributed by atoms with Gasteiger partial charge in [-0.3, -0.25) is 4.79 Å². The molecule has 23 heavy (non-hydrogen) atoms. The van der Waals surface area contributed by atoms with E-state index in [4.69, 9.17) is 5.26 Å². The summed E-state index contributed by atoms with van der Waals surface area (Å²) in [7, 11) is 0. The maximum Gasteiger partial charge on any atom is 0.166 e. The van der Waals surface area contributed by atoms with Gasteiger partial charge in [-0.2, -0.15) is 5.26 Å². The zero-order valence-corrected chi connectivity index (χ0v) is 13.2. The average Bonchev–Trinajstić information content (AvgIpc) is 2.62. The number of hydrogen-bond acceptors (Lipinski definition) is 4. The summed E-state index contributed by atoms with van der Waals surface area (Å²) in [5.41, 5.74) is 2.17. The molecule has 1 fully saturated rings. The first-order valence-corrected chi connectivity index (χ1v) is 7.91. The van der Waals surface area contributed by atoms with Crippen molar-refractivity contribution in [2.24, 2.45) is 5.92 Å². The Morgan fingerprint density at radius 1 is 1.17 bits per heavy atom. The second-order valence-corrected chi connectivity index (χ2v) is 5.94. The molecule has 2 aromatic rings. The lowest BCUT2D eigenvalue weighted by molar-refractivity contribution is 0.0900. The molecule has 0 aliphatic carbocycles. The Balaban J connectivity index is 1.67. The van der Waals surface area contributed by atoms with E-state index in [0.29, 0.717) is 5.69 Å². The van der Waals surface area contributed by atoms with Gasteiger partial charge in [0.05, 0.1) is 0 Å². The Bertz CT molecular complexity index is 741. The highest BCUT2D eigenvalue weighted by Crippen LogP contribution is 2.25. The maximum absolute atomic E-state index is 12.5. The van der Waals surface area contributed by atoms with Crippen LogP contribution in [0.2, 0.25) is 0 Å². The monoisotopic (exact) mass is 305 g/mol. The lowest BCUT2D eigenvalue weighted by Crippen LogP contribution is -2.37. The van der Waals surface area contributed by atoms with E-state index in [-0.39, 0.29) is 11.7 Å². The third-order valence-corrected chi connectivity index (χ3v) is 4.44. The summed E-state index contributed by atoms with van der Waals surface area (Å²) >= 11 is 0. The van der Waals surface area contributed by atoms with Gasteiger partial charge in [-0.1, -0.05) is 36.4 Å². The van der Waals surface area contributed by atoms with Crippen LogP contribution in [0.15, 0.2) is 42.5 Å². The highest BCUT2D eigenvalue weighted by Gasteiger charge is 2.26. The molecule has 0 amide bonds. The molecule has 1 aromatic carbocycles. The number of Topliss-reactive ketones (excluding diaryl/α,β-unsaturated/α-hetero) is 1. The topological polar surface area (TPSA) is 57.0 Å². The zero-order chi connectivity index (χ0) is 16.2. The molecule has 116 valence electrons. The summed E-state index contributed by atoms with van der Waals surface area (Å²) in [5, 5.41) is 9.11. The predicted octanol–water partition coefficient (Wildman–Crippen LogP) is 3.36. The molecule has 0 unspecified atom stereocenters. The van der Waals surface area contributed by atoms with Crippen molar-refractivity contribution in [3.05, 3.63) is 59.3 Å². The smallest absolute Gasteiger partial charge is 0.166 e. The van der Waals surface area contributed by atoms with Gasteiger partial charge in [0.1, 0.15) is 17.6 Å². The fourth-order valence-electron chi connectivity index (χ4n) is 3.02. The van der Waals surface area contributed by atoms with Crippen molar-refractivity contribution in [2.45, 2.75) is 19.8 Å². The van der Waals surface area contributed by atoms with E-state index in [9.17, 15) is 4.79 Å². The van der Waals surface area contributed by atoms with E-state index in [0.717, 1.165) is 42.9 Å². The third-order valence-electron chi connectivity index (χ3n) is 4.44. The van der Waals surface area contributed by atoms with Gasteiger partial charge in [-0.25, -0.2) is 4.98 Å². The number of nitriles is 1. The normalized spacial score (nSPS) is 15.2. The number of piperidine rings is 1. The quantitative estimate of drug-likeness (QED) is 0.816. The average molecular weight is 305 g/mol. The maximum atomic E-state index is 12.5. The van der Waals surface area contributed by atoms with Gasteiger partial charge >= 0.3 is 0 Å². The molecule has 0 radical (unpaired) electrons. The third kappa shape index (κ3) is 3.24. The van der Waals surface area contributed by atoms with Gasteiger partial charge in [-0.05, 0) is 31.4 Å². The van der Waals surface area contributed by atoms with Crippen LogP contribution < -0.4 is 4.90 Å². The first-order chi connectivity index (χ1) is 11.2. The molecule has 0 N–H and O–H groups in total. The summed E-state index contributed by atoms with van der Waals surface area (Å²) in [6.07, 6.45) is 1.65. The standard InChI is InChI=1S/C19H19N3O/c1-14-7-8-18(21-17(14)13-20)22-11-9-16(10-12-22)19(23)15-5-3-2-4-6-15/h2-8,16H,9-12H2,1H3. The largest absolute Gasteiger partial charge is 0.357 e. The number of aromatic nitrogens is 1. The number of anilines is 1. The van der Waals surface area contributed by atoms with E-state index < -0.39 is 0 Å². The van der Waals surface area contributed by atoms with E-state index >= 15 is 0 Å². The molecule has 0 spiro atoms. The minimum absolute atomic E-state index is 0.0783. The SMILES string of the molecule is Cc1ccc(N2CCC(C(=O)c3ccccc3)CC2)nc1C#N. The second kappa shape index (κ2) is 6.62. The molecule has 2 heterocycles. The number of carbonyl (C=O) groups is 1. The van der Waals surface area contributed by atoms with Crippen molar-refractivity contribution in [2.75, 3.05) is 18.0 Å². The van der Waals surface area contributed by atoms with E-state index in [1.54, 1.807) is 0 Å². The van der Waals surface area contributed by atoms with Crippen LogP contribution >= 0.6 is 0 Å². The molecule has 1 aliphatic rings. The van der Waals surface area contributed by atoms with Crippen LogP contribution in [0.4, 0.5) is 5.82 Å². The Morgan fingerprint density at radius 3 is 2.52 bits per heavy atom. The van der Waals surface area contributed by atoms with E-state index in [2.05, 4.69) is 16.0 Å². The molecule has 0 atom stereocenters. The number of pyridine rings is 1. The molecule has 0 saturated carbocycles. The van der Waals surface area contributed by atoms with Crippen molar-refractivity contribution in [1.82, 2.24) is 4.98 Å². The Kier molecular flexibility index (Phi) is 4.38. The fraction of sp³-hybridized carbons (Fsp3) is 0.316. The molecule has 4 nitrogen and oxygen atoms in total. The van der Waals surface area contributed by atoms with Gasteiger partial charge in [0, 0.05) is 24.6 Å². The van der Waals surface area contributed by atoms with Gasteiger partial charge in [-0.15, -0.1) is 0 Å². The second-order valence-electron chi connectivity index (χ2n) is 5.94. The molecule has 3 rings (SSSR count). The minimum atomic E-state index is 0.0783. The molecule has 1 aliphatic heterocycles. The van der Waals surface area contributed by atoms with Crippen LogP contribution in [0.1, 0.15) is 34.5 Å². The summed E-state index contributed by atoms with van der Waals surface area (Å²) < 4.78 is 0. The summed E-state index contributed by atoms with van der Waals surface area (Å²) in [5.74, 6) is 1.15. The number of rotatable bonds is 3. The highest BCUT2D eigenvalue weighted by atomic mass is 16.1. The zero-order valence-electron chi connectivity index (χ0n) is 13.2. The Hall–Kier alpha value is -2.67. The van der Waals surface area contributed by atoms with E-state index in [1.807, 2.05) is 49.4 Å². The number of benzene rings is 1. The number of ketones is 1. The summed E-state index contributed by atoms with van der Waals surface area (Å²) in [6, 6.07) is 15.5. The fourth-order valence-corrected chi connectivity index (χ4v) is 3.02. The van der Waals surface area contributed by atoms with Gasteiger partial charge in [0.15, 0.2) is 5.78 Å². The predicted molar refractivity (Wildman–Crippen MR) is 89.4 cm³/mol. The van der Waals surface area contributed by atoms with Crippen LogP contribution in [0.5, 0.6) is 0 Å². The van der Waals surface area contributed by atoms with Crippen LogP contribution in [0.25, 0.3) is 0 Å². The van der Waals surface area contributed by atoms with Gasteiger partial charge < -0.3 is 4.90 Å². The molecule has 4 heteroatoms. The molecule has 1 saturated heterocycles.